The maximum atomic E-state index is 4.42. The lowest BCUT2D eigenvalue weighted by Gasteiger charge is -2.05. The molecule has 0 saturated heterocycles. The Morgan fingerprint density at radius 3 is 2.67 bits per heavy atom. The van der Waals surface area contributed by atoms with Gasteiger partial charge in [-0.1, -0.05) is 11.6 Å². The van der Waals surface area contributed by atoms with Crippen LogP contribution in [0.4, 0.5) is 0 Å². The summed E-state index contributed by atoms with van der Waals surface area (Å²) in [6.07, 6.45) is 0. The smallest absolute Gasteiger partial charge is 0.0652 e. The van der Waals surface area contributed by atoms with Gasteiger partial charge in [0.1, 0.15) is 0 Å². The maximum Gasteiger partial charge on any atom is 0.0652 e. The lowest BCUT2D eigenvalue weighted by molar-refractivity contribution is 1.08. The molecule has 0 unspecified atom stereocenters. The molecule has 1 nitrogen and oxygen atoms in total. The number of hydrogen-bond acceptors (Lipinski definition) is 1. The molecular formula is C11H13N. The predicted molar refractivity (Wildman–Crippen MR) is 51.8 cm³/mol. The average molecular weight is 159 g/mol. The highest BCUT2D eigenvalue weighted by molar-refractivity contribution is 6.02. The van der Waals surface area contributed by atoms with Crippen LogP contribution in [-0.4, -0.2) is 5.71 Å². The van der Waals surface area contributed by atoms with Crippen LogP contribution in [-0.2, 0) is 6.54 Å². The topological polar surface area (TPSA) is 12.4 Å². The van der Waals surface area contributed by atoms with Gasteiger partial charge in [-0.2, -0.15) is 0 Å². The molecule has 0 bridgehead atoms. The fraction of sp³-hybridized carbons (Fsp3) is 0.364. The van der Waals surface area contributed by atoms with Crippen molar-refractivity contribution >= 4 is 5.71 Å². The molecule has 0 aromatic heterocycles. The first-order chi connectivity index (χ1) is 5.68. The first kappa shape index (κ1) is 7.53. The summed E-state index contributed by atoms with van der Waals surface area (Å²) < 4.78 is 0. The van der Waals surface area contributed by atoms with Crippen molar-refractivity contribution in [1.82, 2.24) is 0 Å². The molecule has 0 spiro atoms. The van der Waals surface area contributed by atoms with E-state index < -0.39 is 0 Å². The highest BCUT2D eigenvalue weighted by Crippen LogP contribution is 2.23. The molecule has 12 heavy (non-hydrogen) atoms. The van der Waals surface area contributed by atoms with Gasteiger partial charge in [0.25, 0.3) is 0 Å². The van der Waals surface area contributed by atoms with Crippen LogP contribution in [0, 0.1) is 13.8 Å². The molecule has 0 atom stereocenters. The third-order valence-corrected chi connectivity index (χ3v) is 2.48. The second kappa shape index (κ2) is 2.44. The molecule has 0 radical (unpaired) electrons. The highest BCUT2D eigenvalue weighted by Gasteiger charge is 2.13. The number of aryl methyl sites for hydroxylation is 2. The van der Waals surface area contributed by atoms with Gasteiger partial charge in [0.2, 0.25) is 0 Å². The van der Waals surface area contributed by atoms with Gasteiger partial charge in [-0.05, 0) is 38.0 Å². The van der Waals surface area contributed by atoms with Crippen molar-refractivity contribution in [2.24, 2.45) is 4.99 Å². The van der Waals surface area contributed by atoms with E-state index in [1.807, 2.05) is 0 Å². The molecule has 2 rings (SSSR count). The van der Waals surface area contributed by atoms with Crippen molar-refractivity contribution < 1.29 is 0 Å². The summed E-state index contributed by atoms with van der Waals surface area (Å²) in [5, 5.41) is 0. The normalized spacial score (nSPS) is 14.4. The Kier molecular flexibility index (Phi) is 1.53. The van der Waals surface area contributed by atoms with E-state index in [-0.39, 0.29) is 0 Å². The lowest BCUT2D eigenvalue weighted by atomic mass is 9.99. The van der Waals surface area contributed by atoms with Crippen LogP contribution in [0.15, 0.2) is 17.1 Å². The summed E-state index contributed by atoms with van der Waals surface area (Å²) in [5.41, 5.74) is 6.68. The zero-order valence-corrected chi connectivity index (χ0v) is 7.81. The van der Waals surface area contributed by atoms with Crippen LogP contribution in [0.3, 0.4) is 0 Å². The summed E-state index contributed by atoms with van der Waals surface area (Å²) in [7, 11) is 0. The average Bonchev–Trinajstić information content (AvgIpc) is 2.33. The van der Waals surface area contributed by atoms with E-state index in [4.69, 9.17) is 0 Å². The van der Waals surface area contributed by atoms with Crippen LogP contribution in [0.1, 0.15) is 29.2 Å². The first-order valence-electron chi connectivity index (χ1n) is 4.30. The largest absolute Gasteiger partial charge is 0.285 e. The standard InChI is InChI=1S/C11H13N/c1-7-4-8(2)11-6-12-9(3)10(11)5-7/h4-5H,6H2,1-3H3. The van der Waals surface area contributed by atoms with Crippen molar-refractivity contribution in [3.63, 3.8) is 0 Å². The lowest BCUT2D eigenvalue weighted by Crippen LogP contribution is -1.95. The van der Waals surface area contributed by atoms with Crippen LogP contribution >= 0.6 is 0 Å². The molecule has 1 heterocycles. The molecule has 0 fully saturated rings. The quantitative estimate of drug-likeness (QED) is 0.551. The molecule has 62 valence electrons. The number of hydrogen-bond donors (Lipinski definition) is 0. The third kappa shape index (κ3) is 0.970. The molecule has 0 amide bonds. The van der Waals surface area contributed by atoms with E-state index in [2.05, 4.69) is 37.9 Å². The SMILES string of the molecule is CC1=NCc2c(C)cc(C)cc21. The zero-order valence-electron chi connectivity index (χ0n) is 7.81. The van der Waals surface area contributed by atoms with Crippen molar-refractivity contribution in [2.45, 2.75) is 27.3 Å². The van der Waals surface area contributed by atoms with Crippen molar-refractivity contribution in [3.05, 3.63) is 34.4 Å². The number of rotatable bonds is 0. The summed E-state index contributed by atoms with van der Waals surface area (Å²) in [6, 6.07) is 4.46. The van der Waals surface area contributed by atoms with E-state index in [0.29, 0.717) is 0 Å². The fourth-order valence-corrected chi connectivity index (χ4v) is 1.81. The Morgan fingerprint density at radius 2 is 1.92 bits per heavy atom. The molecule has 1 aromatic rings. The van der Waals surface area contributed by atoms with Gasteiger partial charge < -0.3 is 0 Å². The molecule has 1 aliphatic rings. The minimum absolute atomic E-state index is 0.882. The number of benzene rings is 1. The van der Waals surface area contributed by atoms with Crippen LogP contribution < -0.4 is 0 Å². The molecule has 1 aliphatic heterocycles. The Balaban J connectivity index is 2.67. The maximum absolute atomic E-state index is 4.42. The number of aliphatic imine (C=N–C) groups is 1. The Hall–Kier alpha value is -1.11. The van der Waals surface area contributed by atoms with E-state index >= 15 is 0 Å². The van der Waals surface area contributed by atoms with Crippen LogP contribution in [0.25, 0.3) is 0 Å². The van der Waals surface area contributed by atoms with E-state index in [1.54, 1.807) is 0 Å². The van der Waals surface area contributed by atoms with Crippen molar-refractivity contribution in [2.75, 3.05) is 0 Å². The Bertz CT molecular complexity index is 362. The molecule has 1 heteroatoms. The second-order valence-corrected chi connectivity index (χ2v) is 3.51. The second-order valence-electron chi connectivity index (χ2n) is 3.51. The monoisotopic (exact) mass is 159 g/mol. The minimum atomic E-state index is 0.882. The van der Waals surface area contributed by atoms with E-state index in [9.17, 15) is 0 Å². The van der Waals surface area contributed by atoms with Gasteiger partial charge in [0, 0.05) is 11.3 Å². The first-order valence-corrected chi connectivity index (χ1v) is 4.30. The van der Waals surface area contributed by atoms with Crippen molar-refractivity contribution in [1.29, 1.82) is 0 Å². The molecule has 0 saturated carbocycles. The van der Waals surface area contributed by atoms with Crippen molar-refractivity contribution in [3.8, 4) is 0 Å². The third-order valence-electron chi connectivity index (χ3n) is 2.48. The van der Waals surface area contributed by atoms with Gasteiger partial charge >= 0.3 is 0 Å². The van der Waals surface area contributed by atoms with E-state index in [0.717, 1.165) is 6.54 Å². The molecule has 0 aliphatic carbocycles. The van der Waals surface area contributed by atoms with Gasteiger partial charge in [-0.15, -0.1) is 0 Å². The molecular weight excluding hydrogens is 146 g/mol. The van der Waals surface area contributed by atoms with Crippen LogP contribution in [0.2, 0.25) is 0 Å². The van der Waals surface area contributed by atoms with Crippen LogP contribution in [0.5, 0.6) is 0 Å². The Morgan fingerprint density at radius 1 is 1.17 bits per heavy atom. The number of nitrogens with zero attached hydrogens (tertiary/aromatic N) is 1. The molecule has 1 aromatic carbocycles. The van der Waals surface area contributed by atoms with E-state index in [1.165, 1.54) is 28.0 Å². The fourth-order valence-electron chi connectivity index (χ4n) is 1.81. The van der Waals surface area contributed by atoms with Gasteiger partial charge in [-0.3, -0.25) is 4.99 Å². The summed E-state index contributed by atoms with van der Waals surface area (Å²) in [4.78, 5) is 4.42. The summed E-state index contributed by atoms with van der Waals surface area (Å²) in [6.45, 7) is 7.27. The summed E-state index contributed by atoms with van der Waals surface area (Å²) >= 11 is 0. The Labute approximate surface area is 73.1 Å². The number of fused-ring (bicyclic) bond motifs is 1. The molecule has 0 N–H and O–H groups in total. The minimum Gasteiger partial charge on any atom is -0.285 e. The zero-order chi connectivity index (χ0) is 8.72. The highest BCUT2D eigenvalue weighted by atomic mass is 14.8. The predicted octanol–water partition coefficient (Wildman–Crippen LogP) is 2.63. The van der Waals surface area contributed by atoms with Gasteiger partial charge in [0.15, 0.2) is 0 Å². The van der Waals surface area contributed by atoms with Gasteiger partial charge in [0.05, 0.1) is 6.54 Å². The van der Waals surface area contributed by atoms with Gasteiger partial charge in [-0.25, -0.2) is 0 Å². The summed E-state index contributed by atoms with van der Waals surface area (Å²) in [5.74, 6) is 0.